The Hall–Kier alpha value is 0.390. The van der Waals surface area contributed by atoms with Crippen molar-refractivity contribution < 1.29 is 49.3 Å². The van der Waals surface area contributed by atoms with Gasteiger partial charge in [-0.2, -0.15) is 0 Å². The molecule has 70 valence electrons. The van der Waals surface area contributed by atoms with Crippen LogP contribution in [0.4, 0.5) is 0 Å². The maximum absolute atomic E-state index is 10.4. The van der Waals surface area contributed by atoms with Crippen molar-refractivity contribution in [3.63, 3.8) is 0 Å². The van der Waals surface area contributed by atoms with Gasteiger partial charge in [0.2, 0.25) is 0 Å². The first-order chi connectivity index (χ1) is 5.68. The largest absolute Gasteiger partial charge is 1.00 e. The van der Waals surface area contributed by atoms with Crippen LogP contribution in [0.15, 0.2) is 0 Å². The Labute approximate surface area is 99.6 Å². The van der Waals surface area contributed by atoms with Crippen molar-refractivity contribution in [1.29, 1.82) is 0 Å². The molecule has 0 aromatic rings. The molecule has 1 aliphatic rings. The second-order valence-corrected chi connectivity index (χ2v) is 3.32. The minimum Gasteiger partial charge on any atom is -0.550 e. The van der Waals surface area contributed by atoms with Gasteiger partial charge in [-0.05, 0) is 19.3 Å². The molecule has 0 atom stereocenters. The van der Waals surface area contributed by atoms with Crippen LogP contribution in [0.2, 0.25) is 0 Å². The fraction of sp³-hybridized carbons (Fsp3) is 0.875. The number of carboxylic acids is 1. The maximum Gasteiger partial charge on any atom is 1.00 e. The first-order valence-corrected chi connectivity index (χ1v) is 4.07. The zero-order valence-corrected chi connectivity index (χ0v) is 9.91. The molecule has 0 saturated carbocycles. The summed E-state index contributed by atoms with van der Waals surface area (Å²) in [6.07, 6.45) is 1.15. The summed E-state index contributed by atoms with van der Waals surface area (Å²) >= 11 is 0. The van der Waals surface area contributed by atoms with E-state index in [9.17, 15) is 9.90 Å². The van der Waals surface area contributed by atoms with E-state index in [4.69, 9.17) is 9.84 Å². The smallest absolute Gasteiger partial charge is 0.550 e. The Morgan fingerprint density at radius 1 is 1.46 bits per heavy atom. The van der Waals surface area contributed by atoms with Gasteiger partial charge in [-0.3, -0.25) is 0 Å². The van der Waals surface area contributed by atoms with Gasteiger partial charge in [0.25, 0.3) is 0 Å². The fourth-order valence-electron chi connectivity index (χ4n) is 1.50. The number of carbonyl (C=O) groups is 1. The van der Waals surface area contributed by atoms with Crippen LogP contribution in [-0.4, -0.2) is 30.9 Å². The van der Waals surface area contributed by atoms with Crippen LogP contribution >= 0.6 is 0 Å². The van der Waals surface area contributed by atoms with Crippen LogP contribution in [0.25, 0.3) is 0 Å². The minimum absolute atomic E-state index is 0. The van der Waals surface area contributed by atoms with Gasteiger partial charge in [-0.1, -0.05) is 0 Å². The van der Waals surface area contributed by atoms with E-state index in [2.05, 4.69) is 0 Å². The van der Waals surface area contributed by atoms with Crippen LogP contribution in [0.5, 0.6) is 0 Å². The monoisotopic (exact) mass is 196 g/mol. The Bertz CT molecular complexity index is 166. The third-order valence-electron chi connectivity index (χ3n) is 2.41. The normalized spacial score (nSPS) is 20.4. The molecule has 1 aliphatic heterocycles. The van der Waals surface area contributed by atoms with Gasteiger partial charge in [0.1, 0.15) is 0 Å². The summed E-state index contributed by atoms with van der Waals surface area (Å²) in [6.45, 7) is 0.978. The van der Waals surface area contributed by atoms with Crippen LogP contribution < -0.4 is 34.7 Å². The average Bonchev–Trinajstić information content (AvgIpc) is 2.05. The molecule has 0 aromatic carbocycles. The number of carbonyl (C=O) groups excluding carboxylic acids is 1. The maximum atomic E-state index is 10.4. The molecule has 13 heavy (non-hydrogen) atoms. The number of aliphatic hydroxyl groups is 1. The molecule has 1 fully saturated rings. The van der Waals surface area contributed by atoms with Gasteiger partial charge in [-0.15, -0.1) is 0 Å². The van der Waals surface area contributed by atoms with Crippen molar-refractivity contribution >= 4 is 5.97 Å². The molecule has 1 rings (SSSR count). The van der Waals surface area contributed by atoms with Crippen LogP contribution in [0, 0.1) is 5.41 Å². The molecule has 5 heteroatoms. The van der Waals surface area contributed by atoms with Crippen molar-refractivity contribution in [2.45, 2.75) is 19.3 Å². The van der Waals surface area contributed by atoms with E-state index < -0.39 is 11.4 Å². The quantitative estimate of drug-likeness (QED) is 0.466. The van der Waals surface area contributed by atoms with E-state index in [0.717, 1.165) is 0 Å². The summed E-state index contributed by atoms with van der Waals surface area (Å²) < 4.78 is 5.08. The summed E-state index contributed by atoms with van der Waals surface area (Å²) in [7, 11) is 0. The predicted molar refractivity (Wildman–Crippen MR) is 39.2 cm³/mol. The van der Waals surface area contributed by atoms with Crippen molar-refractivity contribution in [3.05, 3.63) is 0 Å². The van der Waals surface area contributed by atoms with E-state index in [1.807, 2.05) is 0 Å². The first-order valence-electron chi connectivity index (χ1n) is 4.07. The number of hydrogen-bond donors (Lipinski definition) is 1. The molecule has 0 bridgehead atoms. The summed E-state index contributed by atoms with van der Waals surface area (Å²) in [5.74, 6) is -1.09. The van der Waals surface area contributed by atoms with Crippen molar-refractivity contribution in [1.82, 2.24) is 0 Å². The fourth-order valence-corrected chi connectivity index (χ4v) is 1.50. The molecule has 4 nitrogen and oxygen atoms in total. The van der Waals surface area contributed by atoms with Gasteiger partial charge in [0.05, 0.1) is 0 Å². The van der Waals surface area contributed by atoms with E-state index in [0.29, 0.717) is 26.1 Å². The Morgan fingerprint density at radius 3 is 2.38 bits per heavy atom. The third-order valence-corrected chi connectivity index (χ3v) is 2.41. The predicted octanol–water partition coefficient (Wildman–Crippen LogP) is -4.08. The molecule has 1 heterocycles. The topological polar surface area (TPSA) is 69.6 Å². The van der Waals surface area contributed by atoms with E-state index in [1.54, 1.807) is 0 Å². The van der Waals surface area contributed by atoms with Gasteiger partial charge in [-0.25, -0.2) is 0 Å². The molecular formula is C8H13NaO4. The van der Waals surface area contributed by atoms with Gasteiger partial charge >= 0.3 is 29.6 Å². The van der Waals surface area contributed by atoms with E-state index in [-0.39, 0.29) is 42.6 Å². The molecule has 0 aromatic heterocycles. The minimum atomic E-state index is -1.09. The van der Waals surface area contributed by atoms with Crippen molar-refractivity contribution in [2.24, 2.45) is 5.41 Å². The van der Waals surface area contributed by atoms with Gasteiger partial charge in [0.15, 0.2) is 0 Å². The molecule has 1 saturated heterocycles. The van der Waals surface area contributed by atoms with Gasteiger partial charge in [0, 0.05) is 31.2 Å². The number of hydrogen-bond acceptors (Lipinski definition) is 4. The number of aliphatic hydroxyl groups excluding tert-OH is 1. The first kappa shape index (κ1) is 13.4. The zero-order chi connectivity index (χ0) is 9.03. The van der Waals surface area contributed by atoms with E-state index >= 15 is 0 Å². The summed E-state index contributed by atoms with van der Waals surface area (Å²) in [5, 5.41) is 19.4. The number of ether oxygens (including phenoxy) is 1. The molecule has 1 N–H and O–H groups in total. The second kappa shape index (κ2) is 5.98. The van der Waals surface area contributed by atoms with E-state index in [1.165, 1.54) is 0 Å². The summed E-state index contributed by atoms with van der Waals surface area (Å²) in [4.78, 5) is 10.4. The molecule has 0 amide bonds. The summed E-state index contributed by atoms with van der Waals surface area (Å²) in [6, 6.07) is 0. The number of rotatable bonds is 3. The zero-order valence-electron chi connectivity index (χ0n) is 7.91. The SMILES string of the molecule is O=C([O-])CC1(CO)CCOCC1.[Na+]. The molecule has 0 spiro atoms. The number of aliphatic carboxylic acids is 1. The van der Waals surface area contributed by atoms with Gasteiger partial charge < -0.3 is 19.7 Å². The Balaban J connectivity index is 0.00000144. The molecule has 0 aliphatic carbocycles. The molecular weight excluding hydrogens is 183 g/mol. The standard InChI is InChI=1S/C8H14O4.Na/c9-6-8(5-7(10)11)1-3-12-4-2-8;/h9H,1-6H2,(H,10,11);/q;+1/p-1. The van der Waals surface area contributed by atoms with Crippen LogP contribution in [0.1, 0.15) is 19.3 Å². The summed E-state index contributed by atoms with van der Waals surface area (Å²) in [5.41, 5.74) is -0.489. The van der Waals surface area contributed by atoms with Crippen molar-refractivity contribution in [2.75, 3.05) is 19.8 Å². The van der Waals surface area contributed by atoms with Crippen LogP contribution in [0.3, 0.4) is 0 Å². The number of carboxylic acid groups (broad SMARTS) is 1. The Kier molecular flexibility index (Phi) is 6.16. The van der Waals surface area contributed by atoms with Crippen molar-refractivity contribution in [3.8, 4) is 0 Å². The third kappa shape index (κ3) is 3.95. The van der Waals surface area contributed by atoms with Crippen LogP contribution in [-0.2, 0) is 9.53 Å². The average molecular weight is 196 g/mol. The Morgan fingerprint density at radius 2 is 2.00 bits per heavy atom. The molecule has 0 radical (unpaired) electrons. The molecule has 0 unspecified atom stereocenters. The second-order valence-electron chi connectivity index (χ2n) is 3.32.